The van der Waals surface area contributed by atoms with Gasteiger partial charge in [0.25, 0.3) is 0 Å². The number of carbonyl (C=O) groups excluding carboxylic acids is 1. The lowest BCUT2D eigenvalue weighted by Gasteiger charge is -2.21. The van der Waals surface area contributed by atoms with Gasteiger partial charge in [0.05, 0.1) is 0 Å². The van der Waals surface area contributed by atoms with Crippen LogP contribution in [0.1, 0.15) is 39.5 Å². The first-order chi connectivity index (χ1) is 7.13. The molecule has 0 heterocycles. The van der Waals surface area contributed by atoms with E-state index in [1.165, 1.54) is 19.3 Å². The summed E-state index contributed by atoms with van der Waals surface area (Å²) in [6, 6.07) is 0. The van der Waals surface area contributed by atoms with Crippen LogP contribution in [0.2, 0.25) is 0 Å². The molecule has 0 unspecified atom stereocenters. The van der Waals surface area contributed by atoms with E-state index in [4.69, 9.17) is 0 Å². The summed E-state index contributed by atoms with van der Waals surface area (Å²) in [5.74, 6) is 0.0476. The zero-order chi connectivity index (χ0) is 11.7. The van der Waals surface area contributed by atoms with Crippen molar-refractivity contribution in [2.45, 2.75) is 39.5 Å². The number of amides is 1. The van der Waals surface area contributed by atoms with E-state index < -0.39 is 0 Å². The van der Waals surface area contributed by atoms with Crippen LogP contribution in [0.4, 0.5) is 0 Å². The fourth-order valence-corrected chi connectivity index (χ4v) is 1.43. The Bertz CT molecular complexity index is 221. The lowest BCUT2D eigenvalue weighted by atomic mass is 10.2. The van der Waals surface area contributed by atoms with Gasteiger partial charge in [-0.05, 0) is 13.3 Å². The van der Waals surface area contributed by atoms with Crippen molar-refractivity contribution in [1.29, 1.82) is 0 Å². The molecule has 0 aliphatic rings. The molecule has 86 valence electrons. The van der Waals surface area contributed by atoms with Crippen molar-refractivity contribution < 1.29 is 4.79 Å². The van der Waals surface area contributed by atoms with Crippen LogP contribution in [0, 0.1) is 0 Å². The monoisotopic (exact) mass is 209 g/mol. The second-order valence-electron chi connectivity index (χ2n) is 3.88. The molecule has 0 fully saturated rings. The summed E-state index contributed by atoms with van der Waals surface area (Å²) in [4.78, 5) is 13.5. The van der Waals surface area contributed by atoms with Crippen LogP contribution >= 0.6 is 0 Å². The highest BCUT2D eigenvalue weighted by Gasteiger charge is 2.11. The van der Waals surface area contributed by atoms with Gasteiger partial charge < -0.3 is 4.90 Å². The Kier molecular flexibility index (Phi) is 7.69. The van der Waals surface area contributed by atoms with Crippen molar-refractivity contribution in [3.05, 3.63) is 24.8 Å². The topological polar surface area (TPSA) is 20.3 Å². The van der Waals surface area contributed by atoms with E-state index in [9.17, 15) is 4.79 Å². The fourth-order valence-electron chi connectivity index (χ4n) is 1.43. The molecule has 0 radical (unpaired) electrons. The average molecular weight is 209 g/mol. The quantitative estimate of drug-likeness (QED) is 0.341. The molecule has 1 amide bonds. The first-order valence-electron chi connectivity index (χ1n) is 5.69. The summed E-state index contributed by atoms with van der Waals surface area (Å²) in [7, 11) is 0. The van der Waals surface area contributed by atoms with Crippen LogP contribution < -0.4 is 0 Å². The molecular weight excluding hydrogens is 186 g/mol. The molecule has 0 N–H and O–H groups in total. The summed E-state index contributed by atoms with van der Waals surface area (Å²) in [5.41, 5.74) is 0.604. The number of hydrogen-bond donors (Lipinski definition) is 0. The minimum atomic E-state index is 0.0476. The van der Waals surface area contributed by atoms with Gasteiger partial charge in [0.2, 0.25) is 5.91 Å². The Balaban J connectivity index is 3.98. The van der Waals surface area contributed by atoms with E-state index in [0.29, 0.717) is 12.1 Å². The molecule has 15 heavy (non-hydrogen) atoms. The smallest absolute Gasteiger partial charge is 0.249 e. The Hall–Kier alpha value is -1.05. The van der Waals surface area contributed by atoms with Gasteiger partial charge in [-0.25, -0.2) is 0 Å². The summed E-state index contributed by atoms with van der Waals surface area (Å²) < 4.78 is 0. The van der Waals surface area contributed by atoms with Crippen LogP contribution in [0.15, 0.2) is 24.8 Å². The van der Waals surface area contributed by atoms with Crippen molar-refractivity contribution in [3.8, 4) is 0 Å². The van der Waals surface area contributed by atoms with Gasteiger partial charge in [-0.15, -0.1) is 6.58 Å². The van der Waals surface area contributed by atoms with E-state index >= 15 is 0 Å². The zero-order valence-corrected chi connectivity index (χ0v) is 10.1. The van der Waals surface area contributed by atoms with E-state index in [-0.39, 0.29) is 5.91 Å². The van der Waals surface area contributed by atoms with Gasteiger partial charge in [-0.1, -0.05) is 38.8 Å². The highest BCUT2D eigenvalue weighted by Crippen LogP contribution is 2.04. The van der Waals surface area contributed by atoms with Crippen LogP contribution in [0.25, 0.3) is 0 Å². The molecule has 0 spiro atoms. The molecule has 2 heteroatoms. The second-order valence-corrected chi connectivity index (χ2v) is 3.88. The standard InChI is InChI=1S/C13H23NO/c1-5-7-8-9-11-14(10-6-2)13(15)12(3)4/h6H,2-3,5,7-11H2,1,4H3. The SMILES string of the molecule is C=CCN(CCCCCC)C(=O)C(=C)C. The third kappa shape index (κ3) is 6.10. The average Bonchev–Trinajstić information content (AvgIpc) is 2.21. The van der Waals surface area contributed by atoms with Crippen molar-refractivity contribution >= 4 is 5.91 Å². The number of unbranched alkanes of at least 4 members (excludes halogenated alkanes) is 3. The number of hydrogen-bond acceptors (Lipinski definition) is 1. The maximum absolute atomic E-state index is 11.7. The first-order valence-corrected chi connectivity index (χ1v) is 5.69. The molecule has 0 atom stereocenters. The van der Waals surface area contributed by atoms with Crippen molar-refractivity contribution in [1.82, 2.24) is 4.90 Å². The predicted molar refractivity (Wildman–Crippen MR) is 65.7 cm³/mol. The fraction of sp³-hybridized carbons (Fsp3) is 0.615. The minimum absolute atomic E-state index is 0.0476. The summed E-state index contributed by atoms with van der Waals surface area (Å²) >= 11 is 0. The minimum Gasteiger partial charge on any atom is -0.335 e. The Morgan fingerprint density at radius 3 is 2.47 bits per heavy atom. The number of nitrogens with zero attached hydrogens (tertiary/aromatic N) is 1. The summed E-state index contributed by atoms with van der Waals surface area (Å²) in [5, 5.41) is 0. The molecular formula is C13H23NO. The Morgan fingerprint density at radius 1 is 1.33 bits per heavy atom. The van der Waals surface area contributed by atoms with Gasteiger partial charge in [0.15, 0.2) is 0 Å². The largest absolute Gasteiger partial charge is 0.335 e. The third-order valence-electron chi connectivity index (χ3n) is 2.28. The highest BCUT2D eigenvalue weighted by molar-refractivity contribution is 5.92. The van der Waals surface area contributed by atoms with Crippen molar-refractivity contribution in [2.75, 3.05) is 13.1 Å². The molecule has 0 bridgehead atoms. The molecule has 0 saturated carbocycles. The summed E-state index contributed by atoms with van der Waals surface area (Å²) in [6.07, 6.45) is 6.48. The van der Waals surface area contributed by atoms with Gasteiger partial charge in [0, 0.05) is 18.7 Å². The van der Waals surface area contributed by atoms with Crippen LogP contribution in [0.3, 0.4) is 0 Å². The number of carbonyl (C=O) groups is 1. The molecule has 0 aromatic heterocycles. The first kappa shape index (κ1) is 13.9. The third-order valence-corrected chi connectivity index (χ3v) is 2.28. The normalized spacial score (nSPS) is 9.73. The van der Waals surface area contributed by atoms with Crippen LogP contribution in [0.5, 0.6) is 0 Å². The molecule has 0 aliphatic carbocycles. The molecule has 0 saturated heterocycles. The molecule has 0 rings (SSSR count). The lowest BCUT2D eigenvalue weighted by Crippen LogP contribution is -2.32. The molecule has 0 aromatic carbocycles. The highest BCUT2D eigenvalue weighted by atomic mass is 16.2. The maximum Gasteiger partial charge on any atom is 0.249 e. The van der Waals surface area contributed by atoms with E-state index in [0.717, 1.165) is 13.0 Å². The Morgan fingerprint density at radius 2 is 2.00 bits per heavy atom. The van der Waals surface area contributed by atoms with Gasteiger partial charge in [-0.3, -0.25) is 4.79 Å². The van der Waals surface area contributed by atoms with Crippen LogP contribution in [-0.2, 0) is 4.79 Å². The van der Waals surface area contributed by atoms with E-state index in [1.807, 2.05) is 4.90 Å². The molecule has 2 nitrogen and oxygen atoms in total. The lowest BCUT2D eigenvalue weighted by molar-refractivity contribution is -0.126. The molecule has 0 aliphatic heterocycles. The van der Waals surface area contributed by atoms with E-state index in [2.05, 4.69) is 20.1 Å². The number of rotatable bonds is 8. The second kappa shape index (κ2) is 8.27. The Labute approximate surface area is 93.7 Å². The van der Waals surface area contributed by atoms with Crippen molar-refractivity contribution in [2.24, 2.45) is 0 Å². The van der Waals surface area contributed by atoms with Crippen LogP contribution in [-0.4, -0.2) is 23.9 Å². The van der Waals surface area contributed by atoms with Gasteiger partial charge in [0.1, 0.15) is 0 Å². The van der Waals surface area contributed by atoms with Crippen molar-refractivity contribution in [3.63, 3.8) is 0 Å². The van der Waals surface area contributed by atoms with Gasteiger partial charge in [-0.2, -0.15) is 0 Å². The van der Waals surface area contributed by atoms with Gasteiger partial charge >= 0.3 is 0 Å². The summed E-state index contributed by atoms with van der Waals surface area (Å²) in [6.45, 7) is 12.7. The zero-order valence-electron chi connectivity index (χ0n) is 10.1. The predicted octanol–water partition coefficient (Wildman–Crippen LogP) is 3.16. The van der Waals surface area contributed by atoms with E-state index in [1.54, 1.807) is 13.0 Å². The molecule has 0 aromatic rings. The maximum atomic E-state index is 11.7.